The number of β-lactam (4-membered cyclic amide) rings is 1. The number of thioether (sulfide) groups is 1. The third kappa shape index (κ3) is 8.48. The van der Waals surface area contributed by atoms with Crippen molar-refractivity contribution in [2.75, 3.05) is 11.5 Å². The maximum absolute atomic E-state index is 13.5. The lowest BCUT2D eigenvalue weighted by Crippen LogP contribution is -2.71. The van der Waals surface area contributed by atoms with Gasteiger partial charge >= 0.3 is 12.1 Å². The predicted octanol–water partition coefficient (Wildman–Crippen LogP) is 3.88. The summed E-state index contributed by atoms with van der Waals surface area (Å²) < 4.78 is 16.0. The van der Waals surface area contributed by atoms with Crippen molar-refractivity contribution >= 4 is 88.8 Å². The normalized spacial score (nSPS) is 20.4. The lowest BCUT2D eigenvalue weighted by molar-refractivity contribution is -0.169. The largest absolute Gasteiger partial charge is 0.511 e. The number of nitrogens with two attached hydrogens (primary N) is 1. The maximum atomic E-state index is 13.5. The molecule has 1 saturated carbocycles. The topological polar surface area (TPSA) is 196 Å². The van der Waals surface area contributed by atoms with Crippen LogP contribution in [-0.4, -0.2) is 79.3 Å². The van der Waals surface area contributed by atoms with Crippen molar-refractivity contribution in [1.82, 2.24) is 20.2 Å². The van der Waals surface area contributed by atoms with E-state index in [-0.39, 0.29) is 53.2 Å². The molecule has 248 valence electrons. The fourth-order valence-corrected chi connectivity index (χ4v) is 6.83. The summed E-state index contributed by atoms with van der Waals surface area (Å²) in [6.07, 6.45) is 8.72. The molecule has 46 heavy (non-hydrogen) atoms. The van der Waals surface area contributed by atoms with E-state index in [0.29, 0.717) is 5.57 Å². The first kappa shape index (κ1) is 36.6. The van der Waals surface area contributed by atoms with Gasteiger partial charge in [0.15, 0.2) is 10.8 Å². The molecule has 14 nitrogen and oxygen atoms in total. The van der Waals surface area contributed by atoms with Gasteiger partial charge in [0.25, 0.3) is 11.8 Å². The molecule has 3 atom stereocenters. The molecule has 2 aliphatic heterocycles. The van der Waals surface area contributed by atoms with E-state index in [0.717, 1.165) is 49.0 Å². The van der Waals surface area contributed by atoms with E-state index in [1.165, 1.54) is 29.0 Å². The number of anilines is 1. The average Bonchev–Trinajstić information content (AvgIpc) is 3.44. The van der Waals surface area contributed by atoms with Gasteiger partial charge in [-0.25, -0.2) is 14.6 Å². The van der Waals surface area contributed by atoms with Crippen LogP contribution in [0, 0.1) is 0 Å². The molecule has 1 unspecified atom stereocenters. The van der Waals surface area contributed by atoms with E-state index in [1.807, 2.05) is 6.07 Å². The van der Waals surface area contributed by atoms with Crippen molar-refractivity contribution in [3.05, 3.63) is 58.5 Å². The zero-order valence-corrected chi connectivity index (χ0v) is 27.7. The van der Waals surface area contributed by atoms with Crippen LogP contribution in [0.5, 0.6) is 0 Å². The Balaban J connectivity index is 0.00000288. The number of halogens is 2. The SMILES string of the molecule is CC(OC(=O)OC1CCCCC1)OC(=O)C1=C(/C=C\c2cccnc2)CS[C@@H]2[C@H](NC(=O)/C(=N\O)c3csc(N)n3)C(=O)N12.Cl.Cl. The molecule has 0 aromatic carbocycles. The number of nitrogens with one attached hydrogen (secondary N) is 1. The molecule has 4 heterocycles. The second-order valence-corrected chi connectivity index (χ2v) is 12.1. The molecule has 2 aromatic heterocycles. The van der Waals surface area contributed by atoms with Gasteiger partial charge in [0, 0.05) is 30.5 Å². The quantitative estimate of drug-likeness (QED) is 0.0848. The van der Waals surface area contributed by atoms with E-state index in [2.05, 4.69) is 20.4 Å². The number of oxime groups is 1. The van der Waals surface area contributed by atoms with E-state index in [1.54, 1.807) is 30.6 Å². The Labute approximate surface area is 284 Å². The first-order valence-corrected chi connectivity index (χ1v) is 15.8. The fourth-order valence-electron chi connectivity index (χ4n) is 4.96. The minimum atomic E-state index is -1.30. The molecular formula is C28H32Cl2N6O8S2. The summed E-state index contributed by atoms with van der Waals surface area (Å²) in [7, 11) is 0. The van der Waals surface area contributed by atoms with Crippen LogP contribution in [0.25, 0.3) is 6.08 Å². The molecule has 1 aliphatic carbocycles. The van der Waals surface area contributed by atoms with Crippen molar-refractivity contribution < 1.29 is 38.6 Å². The Morgan fingerprint density at radius 1 is 1.20 bits per heavy atom. The van der Waals surface area contributed by atoms with E-state index in [4.69, 9.17) is 19.9 Å². The number of carbonyl (C=O) groups excluding carboxylic acids is 4. The molecule has 2 amide bonds. The molecule has 5 rings (SSSR count). The van der Waals surface area contributed by atoms with Crippen LogP contribution in [0.1, 0.15) is 50.3 Å². The zero-order valence-electron chi connectivity index (χ0n) is 24.4. The van der Waals surface area contributed by atoms with Crippen molar-refractivity contribution in [3.8, 4) is 0 Å². The fraction of sp³-hybridized carbons (Fsp3) is 0.393. The van der Waals surface area contributed by atoms with E-state index in [9.17, 15) is 24.4 Å². The third-order valence-electron chi connectivity index (χ3n) is 7.07. The summed E-state index contributed by atoms with van der Waals surface area (Å²) in [5.41, 5.74) is 6.45. The number of pyridine rings is 1. The van der Waals surface area contributed by atoms with Gasteiger partial charge in [-0.05, 0) is 42.9 Å². The number of thiazole rings is 1. The Hall–Kier alpha value is -3.86. The summed E-state index contributed by atoms with van der Waals surface area (Å²) in [6, 6.07) is 2.55. The van der Waals surface area contributed by atoms with Crippen LogP contribution in [0.4, 0.5) is 9.93 Å². The molecule has 2 aromatic rings. The molecule has 1 saturated heterocycles. The highest BCUT2D eigenvalue weighted by atomic mass is 35.5. The van der Waals surface area contributed by atoms with Gasteiger partial charge in [0.05, 0.1) is 0 Å². The highest BCUT2D eigenvalue weighted by Crippen LogP contribution is 2.41. The number of nitrogens with zero attached hydrogens (tertiary/aromatic N) is 4. The van der Waals surface area contributed by atoms with Gasteiger partial charge in [0.2, 0.25) is 6.29 Å². The number of hydrogen-bond acceptors (Lipinski definition) is 14. The summed E-state index contributed by atoms with van der Waals surface area (Å²) in [5.74, 6) is -2.04. The standard InChI is InChI=1S/C28H30N6O8S2.2ClH/c1-15(41-28(38)42-18-7-3-2-4-8-18)40-26(37)22-17(10-9-16-6-5-11-30-12-16)13-43-25-21(24(36)34(22)25)32-23(35)20(33-39)19-14-44-27(29)31-19;;/h5-6,9-12,14-15,18,21,25,39H,2-4,7-8,13H2,1H3,(H2,29,31)(H,32,35);2*1H/b10-9-,33-20-;;/t15?,21-,25-;;/m1../s1. The lowest BCUT2D eigenvalue weighted by Gasteiger charge is -2.49. The highest BCUT2D eigenvalue weighted by molar-refractivity contribution is 8.00. The number of carbonyl (C=O) groups is 4. The van der Waals surface area contributed by atoms with Crippen LogP contribution in [-0.2, 0) is 28.6 Å². The van der Waals surface area contributed by atoms with Gasteiger partial charge in [0.1, 0.15) is 28.9 Å². The van der Waals surface area contributed by atoms with Gasteiger partial charge < -0.3 is 30.5 Å². The minimum absolute atomic E-state index is 0. The molecule has 3 aliphatic rings. The monoisotopic (exact) mass is 714 g/mol. The number of allylic oxidation sites excluding steroid dienone is 1. The van der Waals surface area contributed by atoms with Crippen LogP contribution in [0.2, 0.25) is 0 Å². The maximum Gasteiger partial charge on any atom is 0.511 e. The van der Waals surface area contributed by atoms with Crippen LogP contribution in [0.15, 0.2) is 52.4 Å². The molecule has 0 spiro atoms. The molecule has 0 bridgehead atoms. The Kier molecular flexibility index (Phi) is 13.2. The van der Waals surface area contributed by atoms with Crippen LogP contribution < -0.4 is 11.1 Å². The van der Waals surface area contributed by atoms with Gasteiger partial charge in [-0.2, -0.15) is 0 Å². The molecular weight excluding hydrogens is 683 g/mol. The Bertz CT molecular complexity index is 1520. The Morgan fingerprint density at radius 3 is 2.61 bits per heavy atom. The number of ether oxygens (including phenoxy) is 3. The van der Waals surface area contributed by atoms with Crippen molar-refractivity contribution in [1.29, 1.82) is 0 Å². The van der Waals surface area contributed by atoms with E-state index < -0.39 is 47.4 Å². The number of esters is 1. The van der Waals surface area contributed by atoms with Crippen LogP contribution >= 0.6 is 47.9 Å². The zero-order chi connectivity index (χ0) is 31.2. The first-order valence-electron chi connectivity index (χ1n) is 13.8. The molecule has 4 N–H and O–H groups in total. The molecule has 0 radical (unpaired) electrons. The van der Waals surface area contributed by atoms with Gasteiger partial charge in [-0.1, -0.05) is 29.8 Å². The number of rotatable bonds is 9. The van der Waals surface area contributed by atoms with Crippen molar-refractivity contribution in [3.63, 3.8) is 0 Å². The molecule has 18 heteroatoms. The molecule has 2 fully saturated rings. The number of aromatic nitrogens is 2. The number of amides is 2. The number of fused-ring (bicyclic) bond motifs is 1. The first-order chi connectivity index (χ1) is 21.2. The Morgan fingerprint density at radius 2 is 1.96 bits per heavy atom. The van der Waals surface area contributed by atoms with Crippen LogP contribution in [0.3, 0.4) is 0 Å². The van der Waals surface area contributed by atoms with Crippen molar-refractivity contribution in [2.45, 2.75) is 62.8 Å². The van der Waals surface area contributed by atoms with Gasteiger partial charge in [-0.15, -0.1) is 47.9 Å². The highest BCUT2D eigenvalue weighted by Gasteiger charge is 2.54. The summed E-state index contributed by atoms with van der Waals surface area (Å²) in [4.78, 5) is 61.3. The summed E-state index contributed by atoms with van der Waals surface area (Å²) in [5, 5.41) is 16.0. The van der Waals surface area contributed by atoms with Crippen molar-refractivity contribution in [2.24, 2.45) is 5.16 Å². The second-order valence-electron chi connectivity index (χ2n) is 10.1. The smallest absolute Gasteiger partial charge is 0.431 e. The van der Waals surface area contributed by atoms with Gasteiger partial charge in [-0.3, -0.25) is 19.5 Å². The summed E-state index contributed by atoms with van der Waals surface area (Å²) >= 11 is 2.37. The lowest BCUT2D eigenvalue weighted by atomic mass is 9.98. The predicted molar refractivity (Wildman–Crippen MR) is 175 cm³/mol. The number of hydrogen-bond donors (Lipinski definition) is 3. The van der Waals surface area contributed by atoms with E-state index >= 15 is 0 Å². The minimum Gasteiger partial charge on any atom is -0.431 e. The second kappa shape index (κ2) is 16.6. The average molecular weight is 716 g/mol. The third-order valence-corrected chi connectivity index (χ3v) is 9.05. The summed E-state index contributed by atoms with van der Waals surface area (Å²) in [6.45, 7) is 1.38. The number of nitrogen functional groups attached to an aromatic ring is 1.